The van der Waals surface area contributed by atoms with Crippen LogP contribution in [0.5, 0.6) is 0 Å². The average Bonchev–Trinajstić information content (AvgIpc) is 3.00. The highest BCUT2D eigenvalue weighted by molar-refractivity contribution is 5.00. The van der Waals surface area contributed by atoms with Crippen LogP contribution in [0.25, 0.3) is 0 Å². The minimum atomic E-state index is 0.334. The number of nitrogens with zero attached hydrogens (tertiary/aromatic N) is 1. The molecule has 1 unspecified atom stereocenters. The van der Waals surface area contributed by atoms with Gasteiger partial charge in [-0.2, -0.15) is 0 Å². The number of hydrogen-bond acceptors (Lipinski definition) is 2. The molecular weight excluding hydrogens is 244 g/mol. The molecule has 1 aliphatic rings. The Morgan fingerprint density at radius 1 is 1.20 bits per heavy atom. The van der Waals surface area contributed by atoms with E-state index >= 15 is 0 Å². The van der Waals surface area contributed by atoms with Crippen molar-refractivity contribution in [2.75, 3.05) is 19.6 Å². The highest BCUT2D eigenvalue weighted by Crippen LogP contribution is 2.33. The lowest BCUT2D eigenvalue weighted by Gasteiger charge is -2.47. The van der Waals surface area contributed by atoms with Crippen LogP contribution in [-0.4, -0.2) is 36.1 Å². The van der Waals surface area contributed by atoms with E-state index in [9.17, 15) is 0 Å². The Labute approximate surface area is 126 Å². The van der Waals surface area contributed by atoms with Crippen molar-refractivity contribution in [3.05, 3.63) is 0 Å². The summed E-state index contributed by atoms with van der Waals surface area (Å²) in [5, 5.41) is 3.84. The molecule has 1 atom stereocenters. The molecule has 116 valence electrons. The molecule has 0 saturated carbocycles. The van der Waals surface area contributed by atoms with E-state index in [-0.39, 0.29) is 0 Å². The van der Waals surface area contributed by atoms with Crippen molar-refractivity contribution in [3.8, 4) is 12.3 Å². The van der Waals surface area contributed by atoms with Crippen molar-refractivity contribution < 1.29 is 0 Å². The Balaban J connectivity index is 2.80. The monoisotopic (exact) mass is 278 g/mol. The van der Waals surface area contributed by atoms with Gasteiger partial charge in [-0.25, -0.2) is 0 Å². The highest BCUT2D eigenvalue weighted by atomic mass is 15.2. The van der Waals surface area contributed by atoms with Gasteiger partial charge in [-0.1, -0.05) is 20.8 Å². The molecule has 0 aromatic heterocycles. The topological polar surface area (TPSA) is 15.3 Å². The normalized spacial score (nSPS) is 18.1. The molecule has 0 aliphatic carbocycles. The Bertz CT molecular complexity index is 282. The van der Waals surface area contributed by atoms with Gasteiger partial charge in [0.2, 0.25) is 0 Å². The average molecular weight is 278 g/mol. The van der Waals surface area contributed by atoms with Crippen LogP contribution in [0.2, 0.25) is 0 Å². The van der Waals surface area contributed by atoms with E-state index < -0.39 is 0 Å². The number of hydrogen-bond donors (Lipinski definition) is 1. The largest absolute Gasteiger partial charge is 0.312 e. The predicted molar refractivity (Wildman–Crippen MR) is 88.9 cm³/mol. The molecule has 0 bridgehead atoms. The van der Waals surface area contributed by atoms with Crippen molar-refractivity contribution in [1.29, 1.82) is 0 Å². The number of rotatable bonds is 10. The molecule has 0 amide bonds. The molecular formula is C18H34N2. The summed E-state index contributed by atoms with van der Waals surface area (Å²) in [6.45, 7) is 10.7. The molecule has 1 aliphatic heterocycles. The van der Waals surface area contributed by atoms with Gasteiger partial charge in [-0.15, -0.1) is 12.3 Å². The van der Waals surface area contributed by atoms with E-state index in [1.165, 1.54) is 51.6 Å². The van der Waals surface area contributed by atoms with E-state index in [1.807, 2.05) is 0 Å². The standard InChI is InChI=1S/C18H34N2/c1-5-9-10-13-17(19-14-6-2)18(7-3,8-4)20-15-11-12-16-20/h1,17,19H,6-16H2,2-4H3. The Hall–Kier alpha value is -0.520. The lowest BCUT2D eigenvalue weighted by molar-refractivity contribution is 0.0579. The molecule has 1 fully saturated rings. The number of unbranched alkanes of at least 4 members (excludes halogenated alkanes) is 1. The smallest absolute Gasteiger partial charge is 0.0357 e. The quantitative estimate of drug-likeness (QED) is 0.483. The van der Waals surface area contributed by atoms with Gasteiger partial charge in [0.05, 0.1) is 0 Å². The van der Waals surface area contributed by atoms with Crippen molar-refractivity contribution in [3.63, 3.8) is 0 Å². The first-order chi connectivity index (χ1) is 9.75. The highest BCUT2D eigenvalue weighted by Gasteiger charge is 2.41. The maximum absolute atomic E-state index is 5.43. The summed E-state index contributed by atoms with van der Waals surface area (Å²) in [5.41, 5.74) is 0.334. The van der Waals surface area contributed by atoms with Crippen LogP contribution in [0.15, 0.2) is 0 Å². The van der Waals surface area contributed by atoms with Crippen molar-refractivity contribution in [2.45, 2.75) is 83.7 Å². The van der Waals surface area contributed by atoms with Crippen molar-refractivity contribution in [1.82, 2.24) is 10.2 Å². The maximum atomic E-state index is 5.43. The van der Waals surface area contributed by atoms with Crippen LogP contribution in [0.3, 0.4) is 0 Å². The number of nitrogens with one attached hydrogen (secondary N) is 1. The summed E-state index contributed by atoms with van der Waals surface area (Å²) in [4.78, 5) is 2.76. The van der Waals surface area contributed by atoms with Crippen molar-refractivity contribution in [2.24, 2.45) is 0 Å². The van der Waals surface area contributed by atoms with E-state index in [0.29, 0.717) is 11.6 Å². The number of likely N-dealkylation sites (tertiary alicyclic amines) is 1. The molecule has 2 heteroatoms. The summed E-state index contributed by atoms with van der Waals surface area (Å²) in [6.07, 6.45) is 15.1. The molecule has 1 N–H and O–H groups in total. The van der Waals surface area contributed by atoms with E-state index in [4.69, 9.17) is 6.42 Å². The molecule has 0 aromatic carbocycles. The molecule has 0 radical (unpaired) electrons. The third-order valence-electron chi connectivity index (χ3n) is 5.06. The van der Waals surface area contributed by atoms with Crippen LogP contribution in [0.1, 0.15) is 72.1 Å². The lowest BCUT2D eigenvalue weighted by atomic mass is 9.80. The van der Waals surface area contributed by atoms with E-state index in [0.717, 1.165) is 19.4 Å². The fraction of sp³-hybridized carbons (Fsp3) is 0.889. The molecule has 20 heavy (non-hydrogen) atoms. The van der Waals surface area contributed by atoms with Gasteiger partial charge in [-0.3, -0.25) is 4.90 Å². The molecule has 0 spiro atoms. The minimum absolute atomic E-state index is 0.334. The second kappa shape index (κ2) is 9.42. The van der Waals surface area contributed by atoms with E-state index in [1.54, 1.807) is 0 Å². The Morgan fingerprint density at radius 2 is 1.85 bits per heavy atom. The van der Waals surface area contributed by atoms with Gasteiger partial charge in [0.15, 0.2) is 0 Å². The number of terminal acetylenes is 1. The fourth-order valence-electron chi connectivity index (χ4n) is 3.86. The first-order valence-corrected chi connectivity index (χ1v) is 8.67. The first kappa shape index (κ1) is 17.5. The fourth-order valence-corrected chi connectivity index (χ4v) is 3.86. The van der Waals surface area contributed by atoms with Crippen LogP contribution in [-0.2, 0) is 0 Å². The third-order valence-corrected chi connectivity index (χ3v) is 5.06. The molecule has 1 saturated heterocycles. The molecule has 1 heterocycles. The first-order valence-electron chi connectivity index (χ1n) is 8.67. The molecule has 2 nitrogen and oxygen atoms in total. The second-order valence-electron chi connectivity index (χ2n) is 6.11. The zero-order chi connectivity index (χ0) is 14.8. The van der Waals surface area contributed by atoms with Crippen molar-refractivity contribution >= 4 is 0 Å². The van der Waals surface area contributed by atoms with Gasteiger partial charge in [0, 0.05) is 18.0 Å². The van der Waals surface area contributed by atoms with E-state index in [2.05, 4.69) is 36.9 Å². The van der Waals surface area contributed by atoms with Crippen LogP contribution in [0, 0.1) is 12.3 Å². The Kier molecular flexibility index (Phi) is 8.26. The van der Waals surface area contributed by atoms with Crippen LogP contribution in [0.4, 0.5) is 0 Å². The van der Waals surface area contributed by atoms with Gasteiger partial charge in [0.25, 0.3) is 0 Å². The summed E-state index contributed by atoms with van der Waals surface area (Å²) in [7, 11) is 0. The van der Waals surface area contributed by atoms with Gasteiger partial charge in [0.1, 0.15) is 0 Å². The summed E-state index contributed by atoms with van der Waals surface area (Å²) in [5.74, 6) is 2.79. The summed E-state index contributed by atoms with van der Waals surface area (Å²) in [6, 6.07) is 0.587. The van der Waals surface area contributed by atoms with Crippen LogP contribution < -0.4 is 5.32 Å². The second-order valence-corrected chi connectivity index (χ2v) is 6.11. The minimum Gasteiger partial charge on any atom is -0.312 e. The molecule has 0 aromatic rings. The Morgan fingerprint density at radius 3 is 2.35 bits per heavy atom. The van der Waals surface area contributed by atoms with Gasteiger partial charge < -0.3 is 5.32 Å². The van der Waals surface area contributed by atoms with Gasteiger partial charge in [-0.05, 0) is 64.6 Å². The van der Waals surface area contributed by atoms with Crippen LogP contribution >= 0.6 is 0 Å². The molecule has 1 rings (SSSR count). The summed E-state index contributed by atoms with van der Waals surface area (Å²) >= 11 is 0. The summed E-state index contributed by atoms with van der Waals surface area (Å²) < 4.78 is 0. The lowest BCUT2D eigenvalue weighted by Crippen LogP contribution is -2.60. The SMILES string of the molecule is C#CCCCC(NCCC)C(CC)(CC)N1CCCC1. The predicted octanol–water partition coefficient (Wildman–Crippen LogP) is 3.81. The zero-order valence-corrected chi connectivity index (χ0v) is 13.9. The zero-order valence-electron chi connectivity index (χ0n) is 13.9. The van der Waals surface area contributed by atoms with Gasteiger partial charge >= 0.3 is 0 Å². The third kappa shape index (κ3) is 4.24. The maximum Gasteiger partial charge on any atom is 0.0357 e.